The molecule has 0 saturated carbocycles. The van der Waals surface area contributed by atoms with Crippen LogP contribution >= 0.6 is 0 Å². The fourth-order valence-electron chi connectivity index (χ4n) is 2.46. The molecule has 158 valence electrons. The summed E-state index contributed by atoms with van der Waals surface area (Å²) in [5, 5.41) is 1.19. The lowest BCUT2D eigenvalue weighted by atomic mass is 10.0. The van der Waals surface area contributed by atoms with Crippen molar-refractivity contribution in [1.82, 2.24) is 10.4 Å². The van der Waals surface area contributed by atoms with Crippen molar-refractivity contribution < 1.29 is 33.0 Å². The summed E-state index contributed by atoms with van der Waals surface area (Å²) < 4.78 is 27.8. The quantitative estimate of drug-likeness (QED) is 0.455. The maximum atomic E-state index is 12.8. The van der Waals surface area contributed by atoms with Gasteiger partial charge in [0.2, 0.25) is 5.91 Å². The number of amides is 2. The number of nitrogens with zero attached hydrogens (tertiary/aromatic N) is 1. The Morgan fingerprint density at radius 3 is 2.22 bits per heavy atom. The predicted octanol–water partition coefficient (Wildman–Crippen LogP) is 1.25. The molecule has 0 aromatic carbocycles. The smallest absolute Gasteiger partial charge is 0.273 e. The van der Waals surface area contributed by atoms with Gasteiger partial charge in [0.05, 0.1) is 12.6 Å². The topological polar surface area (TPSA) is 95.6 Å². The third kappa shape index (κ3) is 6.51. The first-order valence-corrected chi connectivity index (χ1v) is 11.8. The lowest BCUT2D eigenvalue weighted by Crippen LogP contribution is -2.67. The molecule has 1 rings (SSSR count). The number of ether oxygens (including phenoxy) is 4. The number of carbonyl (C=O) groups is 2. The van der Waals surface area contributed by atoms with Crippen LogP contribution in [0.5, 0.6) is 0 Å². The Bertz CT molecular complexity index is 510. The Hall–Kier alpha value is -1.04. The minimum atomic E-state index is -2.18. The van der Waals surface area contributed by atoms with E-state index in [9.17, 15) is 9.59 Å². The summed E-state index contributed by atoms with van der Waals surface area (Å²) in [6.45, 7) is 12.0. The van der Waals surface area contributed by atoms with Gasteiger partial charge in [0.15, 0.2) is 14.4 Å². The lowest BCUT2D eigenvalue weighted by Gasteiger charge is -2.46. The van der Waals surface area contributed by atoms with E-state index in [1.54, 1.807) is 0 Å². The summed E-state index contributed by atoms with van der Waals surface area (Å²) in [6.07, 6.45) is -2.17. The Kier molecular flexibility index (Phi) is 8.84. The average Bonchev–Trinajstić information content (AvgIpc) is 2.53. The van der Waals surface area contributed by atoms with E-state index in [4.69, 9.17) is 23.4 Å². The molecular formula is C17H34N2O7Si. The van der Waals surface area contributed by atoms with Crippen molar-refractivity contribution in [1.29, 1.82) is 0 Å². The molecule has 0 aromatic rings. The maximum absolute atomic E-state index is 12.8. The first kappa shape index (κ1) is 24.0. The molecule has 3 atom stereocenters. The molecular weight excluding hydrogens is 372 g/mol. The summed E-state index contributed by atoms with van der Waals surface area (Å²) in [6, 6.07) is 0. The molecule has 0 unspecified atom stereocenters. The number of piperidine rings is 1. The number of nitrogens with one attached hydrogen (secondary N) is 1. The summed E-state index contributed by atoms with van der Waals surface area (Å²) in [7, 11) is 0.785. The number of carbonyl (C=O) groups excluding carboxylic acids is 2. The van der Waals surface area contributed by atoms with E-state index in [1.165, 1.54) is 26.2 Å². The molecule has 1 fully saturated rings. The van der Waals surface area contributed by atoms with Gasteiger partial charge < -0.3 is 23.4 Å². The molecule has 0 radical (unpaired) electrons. The van der Waals surface area contributed by atoms with E-state index in [0.29, 0.717) is 0 Å². The molecule has 0 aliphatic carbocycles. The highest BCUT2D eigenvalue weighted by Gasteiger charge is 2.49. The Balaban J connectivity index is 3.17. The summed E-state index contributed by atoms with van der Waals surface area (Å²) in [4.78, 5) is 24.3. The monoisotopic (exact) mass is 406 g/mol. The van der Waals surface area contributed by atoms with Crippen LogP contribution in [0.3, 0.4) is 0 Å². The van der Waals surface area contributed by atoms with Crippen LogP contribution in [0, 0.1) is 0 Å². The SMILES string of the molecule is COCO[C@H]1[C@H](OCOC)C(=O)N(NC(C)=O)C[C@H]1O[Si](C)(C)C(C)(C)C. The zero-order chi connectivity index (χ0) is 20.8. The Morgan fingerprint density at radius 1 is 1.19 bits per heavy atom. The van der Waals surface area contributed by atoms with E-state index in [1.807, 2.05) is 0 Å². The fraction of sp³-hybridized carbons (Fsp3) is 0.882. The van der Waals surface area contributed by atoms with E-state index in [0.717, 1.165) is 0 Å². The van der Waals surface area contributed by atoms with Crippen LogP contribution in [0.2, 0.25) is 18.1 Å². The van der Waals surface area contributed by atoms with Gasteiger partial charge in [-0.1, -0.05) is 20.8 Å². The van der Waals surface area contributed by atoms with Gasteiger partial charge in [0, 0.05) is 21.1 Å². The molecule has 1 aliphatic rings. The average molecular weight is 407 g/mol. The van der Waals surface area contributed by atoms with Gasteiger partial charge in [-0.3, -0.25) is 15.0 Å². The fourth-order valence-corrected chi connectivity index (χ4v) is 3.78. The second-order valence-electron chi connectivity index (χ2n) is 8.07. The summed E-state index contributed by atoms with van der Waals surface area (Å²) in [5.41, 5.74) is 2.54. The zero-order valence-electron chi connectivity index (χ0n) is 17.7. The van der Waals surface area contributed by atoms with Crippen LogP contribution in [0.4, 0.5) is 0 Å². The normalized spacial score (nSPS) is 24.2. The molecule has 27 heavy (non-hydrogen) atoms. The van der Waals surface area contributed by atoms with Crippen molar-refractivity contribution in [2.75, 3.05) is 34.4 Å². The molecule has 1 saturated heterocycles. The molecule has 0 bridgehead atoms. The van der Waals surface area contributed by atoms with E-state index in [-0.39, 0.29) is 31.1 Å². The third-order valence-corrected chi connectivity index (χ3v) is 9.33. The number of rotatable bonds is 9. The van der Waals surface area contributed by atoms with E-state index in [2.05, 4.69) is 39.3 Å². The van der Waals surface area contributed by atoms with Crippen LogP contribution in [0.15, 0.2) is 0 Å². The van der Waals surface area contributed by atoms with Crippen LogP contribution in [0.25, 0.3) is 0 Å². The lowest BCUT2D eigenvalue weighted by molar-refractivity contribution is -0.213. The summed E-state index contributed by atoms with van der Waals surface area (Å²) >= 11 is 0. The van der Waals surface area contributed by atoms with Crippen molar-refractivity contribution in [2.24, 2.45) is 0 Å². The molecule has 1 N–H and O–H groups in total. The largest absolute Gasteiger partial charge is 0.409 e. The van der Waals surface area contributed by atoms with E-state index >= 15 is 0 Å². The minimum absolute atomic E-state index is 0.0116. The van der Waals surface area contributed by atoms with Crippen LogP contribution in [0.1, 0.15) is 27.7 Å². The van der Waals surface area contributed by atoms with Crippen molar-refractivity contribution in [2.45, 2.75) is 64.1 Å². The highest BCUT2D eigenvalue weighted by Crippen LogP contribution is 2.38. The van der Waals surface area contributed by atoms with Gasteiger partial charge >= 0.3 is 0 Å². The Labute approximate surface area is 162 Å². The van der Waals surface area contributed by atoms with Gasteiger partial charge in [-0.25, -0.2) is 5.01 Å². The molecule has 9 nitrogen and oxygen atoms in total. The number of hydrogen-bond donors (Lipinski definition) is 1. The minimum Gasteiger partial charge on any atom is -0.409 e. The molecule has 0 aromatic heterocycles. The third-order valence-electron chi connectivity index (χ3n) is 4.83. The molecule has 2 amide bonds. The van der Waals surface area contributed by atoms with Gasteiger partial charge in [-0.2, -0.15) is 0 Å². The highest BCUT2D eigenvalue weighted by atomic mass is 28.4. The highest BCUT2D eigenvalue weighted by molar-refractivity contribution is 6.74. The van der Waals surface area contributed by atoms with E-state index < -0.39 is 32.5 Å². The van der Waals surface area contributed by atoms with Crippen LogP contribution in [-0.2, 0) is 33.0 Å². The van der Waals surface area contributed by atoms with Crippen LogP contribution in [-0.4, -0.2) is 77.8 Å². The molecule has 0 spiro atoms. The first-order valence-electron chi connectivity index (χ1n) is 8.92. The standard InChI is InChI=1S/C17H34N2O7Si/c1-12(20)18-19-9-13(26-27(7,8)17(2,3)4)14(24-10-22-5)15(16(19)21)25-11-23-6/h13-15H,9-11H2,1-8H3,(H,18,20)/t13-,14-,15+/m1/s1. The van der Waals surface area contributed by atoms with Crippen molar-refractivity contribution in [3.63, 3.8) is 0 Å². The second-order valence-corrected chi connectivity index (χ2v) is 12.8. The van der Waals surface area contributed by atoms with Crippen molar-refractivity contribution in [3.05, 3.63) is 0 Å². The van der Waals surface area contributed by atoms with Gasteiger partial charge in [0.25, 0.3) is 5.91 Å². The van der Waals surface area contributed by atoms with Gasteiger partial charge in [0.1, 0.15) is 19.7 Å². The number of hydrazine groups is 1. The summed E-state index contributed by atoms with van der Waals surface area (Å²) in [5.74, 6) is -0.769. The first-order chi connectivity index (χ1) is 12.4. The molecule has 1 heterocycles. The maximum Gasteiger partial charge on any atom is 0.273 e. The van der Waals surface area contributed by atoms with Crippen molar-refractivity contribution >= 4 is 20.1 Å². The van der Waals surface area contributed by atoms with Crippen LogP contribution < -0.4 is 5.43 Å². The Morgan fingerprint density at radius 2 is 1.74 bits per heavy atom. The number of hydrogen-bond acceptors (Lipinski definition) is 7. The number of methoxy groups -OCH3 is 2. The predicted molar refractivity (Wildman–Crippen MR) is 101 cm³/mol. The van der Waals surface area contributed by atoms with Crippen molar-refractivity contribution in [3.8, 4) is 0 Å². The van der Waals surface area contributed by atoms with Gasteiger partial charge in [-0.15, -0.1) is 0 Å². The second kappa shape index (κ2) is 9.94. The molecule has 1 aliphatic heterocycles. The zero-order valence-corrected chi connectivity index (χ0v) is 18.7. The van der Waals surface area contributed by atoms with Gasteiger partial charge in [-0.05, 0) is 18.1 Å². The molecule has 10 heteroatoms.